The molecule has 0 radical (unpaired) electrons. The maximum atomic E-state index is 13.6. The molecule has 5 rings (SSSR count). The van der Waals surface area contributed by atoms with Gasteiger partial charge in [-0.05, 0) is 36.4 Å². The molecular formula is C24H22F2N4O4. The fourth-order valence-corrected chi connectivity index (χ4v) is 4.94. The van der Waals surface area contributed by atoms with Crippen LogP contribution in [0.4, 0.5) is 20.2 Å². The molecule has 0 N–H and O–H groups in total. The van der Waals surface area contributed by atoms with Crippen molar-refractivity contribution in [3.8, 4) is 0 Å². The zero-order valence-corrected chi connectivity index (χ0v) is 18.2. The molecule has 0 spiro atoms. The maximum absolute atomic E-state index is 13.6. The van der Waals surface area contributed by atoms with Crippen LogP contribution in [0.15, 0.2) is 48.5 Å². The van der Waals surface area contributed by atoms with Crippen molar-refractivity contribution in [1.82, 2.24) is 9.80 Å². The van der Waals surface area contributed by atoms with Crippen molar-refractivity contribution < 1.29 is 28.0 Å². The molecule has 3 heterocycles. The van der Waals surface area contributed by atoms with Gasteiger partial charge in [0.25, 0.3) is 11.8 Å². The van der Waals surface area contributed by atoms with E-state index in [-0.39, 0.29) is 36.0 Å². The van der Waals surface area contributed by atoms with Crippen LogP contribution < -0.4 is 9.80 Å². The fraction of sp³-hybridized carbons (Fsp3) is 0.333. The third-order valence-electron chi connectivity index (χ3n) is 6.61. The fourth-order valence-electron chi connectivity index (χ4n) is 4.94. The molecule has 0 unspecified atom stereocenters. The number of piperazine rings is 1. The molecule has 0 bridgehead atoms. The number of carbonyl (C=O) groups excluding carboxylic acids is 4. The number of amides is 4. The summed E-state index contributed by atoms with van der Waals surface area (Å²) in [6.45, 7) is 1.72. The maximum Gasteiger partial charge on any atom is 0.251 e. The minimum absolute atomic E-state index is 0.00351. The topological polar surface area (TPSA) is 81.2 Å². The third kappa shape index (κ3) is 3.88. The molecule has 0 saturated carbocycles. The summed E-state index contributed by atoms with van der Waals surface area (Å²) >= 11 is 0. The molecule has 34 heavy (non-hydrogen) atoms. The van der Waals surface area contributed by atoms with Crippen molar-refractivity contribution in [2.24, 2.45) is 0 Å². The van der Waals surface area contributed by atoms with E-state index >= 15 is 0 Å². The van der Waals surface area contributed by atoms with Gasteiger partial charge in [0, 0.05) is 26.2 Å². The highest BCUT2D eigenvalue weighted by Gasteiger charge is 2.46. The van der Waals surface area contributed by atoms with Gasteiger partial charge < -0.3 is 0 Å². The molecule has 176 valence electrons. The Balaban J connectivity index is 1.24. The quantitative estimate of drug-likeness (QED) is 0.634. The van der Waals surface area contributed by atoms with Gasteiger partial charge in [0.15, 0.2) is 0 Å². The predicted molar refractivity (Wildman–Crippen MR) is 118 cm³/mol. The van der Waals surface area contributed by atoms with Crippen LogP contribution in [0.3, 0.4) is 0 Å². The Hall–Kier alpha value is -3.50. The van der Waals surface area contributed by atoms with Crippen LogP contribution >= 0.6 is 0 Å². The predicted octanol–water partition coefficient (Wildman–Crippen LogP) is 1.55. The standard InChI is InChI=1S/C24H22F2N4O4/c25-15-3-1-5-17(11-15)29-21(31)13-19(23(29)33)27-7-9-28(10-8-27)20-14-22(32)30(24(20)34)18-6-2-4-16(26)12-18/h1-6,11-12,19-20H,7-10,13-14H2/t19-,20+. The Morgan fingerprint density at radius 2 is 1.00 bits per heavy atom. The second-order valence-corrected chi connectivity index (χ2v) is 8.61. The van der Waals surface area contributed by atoms with E-state index in [0.717, 1.165) is 21.9 Å². The van der Waals surface area contributed by atoms with Gasteiger partial charge in [0.1, 0.15) is 11.6 Å². The third-order valence-corrected chi connectivity index (χ3v) is 6.61. The molecule has 3 saturated heterocycles. The summed E-state index contributed by atoms with van der Waals surface area (Å²) in [6, 6.07) is 9.44. The van der Waals surface area contributed by atoms with Gasteiger partial charge in [-0.1, -0.05) is 12.1 Å². The SMILES string of the molecule is O=C1C[C@@H](N2CCN([C@H]3CC(=O)N(c4cccc(F)c4)C3=O)CC2)C(=O)N1c1cccc(F)c1. The lowest BCUT2D eigenvalue weighted by Crippen LogP contribution is -2.56. The number of halogens is 2. The minimum Gasteiger partial charge on any atom is -0.289 e. The van der Waals surface area contributed by atoms with Crippen LogP contribution in [0.1, 0.15) is 12.8 Å². The van der Waals surface area contributed by atoms with Crippen molar-refractivity contribution in [1.29, 1.82) is 0 Å². The van der Waals surface area contributed by atoms with Gasteiger partial charge in [-0.3, -0.25) is 29.0 Å². The van der Waals surface area contributed by atoms with Gasteiger partial charge in [-0.2, -0.15) is 0 Å². The second-order valence-electron chi connectivity index (χ2n) is 8.61. The first kappa shape index (κ1) is 22.3. The minimum atomic E-state index is -0.650. The number of nitrogens with zero attached hydrogens (tertiary/aromatic N) is 4. The van der Waals surface area contributed by atoms with Crippen LogP contribution in [-0.2, 0) is 19.2 Å². The monoisotopic (exact) mass is 468 g/mol. The summed E-state index contributed by atoms with van der Waals surface area (Å²) in [5.41, 5.74) is 0.423. The Morgan fingerprint density at radius 3 is 1.35 bits per heavy atom. The van der Waals surface area contributed by atoms with Crippen LogP contribution in [0, 0.1) is 11.6 Å². The molecule has 4 amide bonds. The molecule has 8 nitrogen and oxygen atoms in total. The second kappa shape index (κ2) is 8.69. The summed E-state index contributed by atoms with van der Waals surface area (Å²) in [4.78, 5) is 56.8. The Bertz CT molecular complexity index is 1090. The molecule has 0 aromatic heterocycles. The number of benzene rings is 2. The zero-order chi connectivity index (χ0) is 24.0. The molecule has 0 aliphatic carbocycles. The number of rotatable bonds is 4. The first-order valence-electron chi connectivity index (χ1n) is 11.1. The number of hydrogen-bond donors (Lipinski definition) is 0. The van der Waals surface area contributed by atoms with Crippen LogP contribution in [0.5, 0.6) is 0 Å². The molecule has 2 atom stereocenters. The lowest BCUT2D eigenvalue weighted by atomic mass is 10.1. The Kier molecular flexibility index (Phi) is 5.70. The summed E-state index contributed by atoms with van der Waals surface area (Å²) in [5.74, 6) is -2.62. The summed E-state index contributed by atoms with van der Waals surface area (Å²) in [6.07, 6.45) is 0.00703. The Labute approximate surface area is 194 Å². The Morgan fingerprint density at radius 1 is 0.618 bits per heavy atom. The highest BCUT2D eigenvalue weighted by Crippen LogP contribution is 2.29. The smallest absolute Gasteiger partial charge is 0.251 e. The van der Waals surface area contributed by atoms with Crippen LogP contribution in [0.2, 0.25) is 0 Å². The van der Waals surface area contributed by atoms with E-state index in [2.05, 4.69) is 0 Å². The number of anilines is 2. The molecule has 3 aliphatic rings. The van der Waals surface area contributed by atoms with Crippen LogP contribution in [0.25, 0.3) is 0 Å². The first-order chi connectivity index (χ1) is 16.3. The van der Waals surface area contributed by atoms with E-state index in [1.807, 2.05) is 9.80 Å². The van der Waals surface area contributed by atoms with E-state index < -0.39 is 35.5 Å². The lowest BCUT2D eigenvalue weighted by molar-refractivity contribution is -0.126. The van der Waals surface area contributed by atoms with Gasteiger partial charge in [-0.25, -0.2) is 18.6 Å². The molecule has 10 heteroatoms. The van der Waals surface area contributed by atoms with E-state index in [1.54, 1.807) is 0 Å². The molecular weight excluding hydrogens is 446 g/mol. The molecule has 3 fully saturated rings. The van der Waals surface area contributed by atoms with Crippen molar-refractivity contribution in [2.45, 2.75) is 24.9 Å². The van der Waals surface area contributed by atoms with Crippen molar-refractivity contribution >= 4 is 35.0 Å². The van der Waals surface area contributed by atoms with Crippen LogP contribution in [-0.4, -0.2) is 71.7 Å². The van der Waals surface area contributed by atoms with Crippen molar-refractivity contribution in [3.63, 3.8) is 0 Å². The highest BCUT2D eigenvalue weighted by molar-refractivity contribution is 6.23. The summed E-state index contributed by atoms with van der Waals surface area (Å²) < 4.78 is 27.2. The van der Waals surface area contributed by atoms with Crippen molar-refractivity contribution in [2.75, 3.05) is 36.0 Å². The average molecular weight is 468 g/mol. The average Bonchev–Trinajstić information content (AvgIpc) is 3.28. The normalized spacial score (nSPS) is 24.5. The number of carbonyl (C=O) groups is 4. The molecule has 2 aromatic rings. The van der Waals surface area contributed by atoms with E-state index in [4.69, 9.17) is 0 Å². The largest absolute Gasteiger partial charge is 0.289 e. The number of imide groups is 2. The number of hydrogen-bond acceptors (Lipinski definition) is 6. The molecule has 2 aromatic carbocycles. The first-order valence-corrected chi connectivity index (χ1v) is 11.1. The van der Waals surface area contributed by atoms with Gasteiger partial charge in [-0.15, -0.1) is 0 Å². The zero-order valence-electron chi connectivity index (χ0n) is 18.2. The van der Waals surface area contributed by atoms with E-state index in [0.29, 0.717) is 26.2 Å². The molecule has 3 aliphatic heterocycles. The summed E-state index contributed by atoms with van der Waals surface area (Å²) in [7, 11) is 0. The highest BCUT2D eigenvalue weighted by atomic mass is 19.1. The lowest BCUT2D eigenvalue weighted by Gasteiger charge is -2.38. The van der Waals surface area contributed by atoms with Gasteiger partial charge in [0.05, 0.1) is 36.3 Å². The van der Waals surface area contributed by atoms with E-state index in [1.165, 1.54) is 36.4 Å². The van der Waals surface area contributed by atoms with E-state index in [9.17, 15) is 28.0 Å². The summed E-state index contributed by atoms with van der Waals surface area (Å²) in [5, 5.41) is 0. The van der Waals surface area contributed by atoms with Crippen molar-refractivity contribution in [3.05, 3.63) is 60.2 Å². The van der Waals surface area contributed by atoms with Gasteiger partial charge >= 0.3 is 0 Å². The van der Waals surface area contributed by atoms with Gasteiger partial charge in [0.2, 0.25) is 11.8 Å².